The number of β-amino-alcohol motifs (C(OH)–C–C–N with tert-alkyl or cyclic N) is 1. The van der Waals surface area contributed by atoms with Crippen LogP contribution in [0.15, 0.2) is 24.5 Å². The van der Waals surface area contributed by atoms with Crippen molar-refractivity contribution in [2.24, 2.45) is 0 Å². The van der Waals surface area contributed by atoms with Gasteiger partial charge in [0.25, 0.3) is 0 Å². The van der Waals surface area contributed by atoms with Crippen molar-refractivity contribution in [3.05, 3.63) is 24.5 Å². The molecule has 70 valence electrons. The molecule has 1 aliphatic heterocycles. The SMILES string of the molecule is C[C@]1(O)CCN(c2ccncc2)C1. The molecule has 2 heterocycles. The third-order valence-electron chi connectivity index (χ3n) is 2.48. The number of hydrogen-bond donors (Lipinski definition) is 1. The monoisotopic (exact) mass is 178 g/mol. The predicted octanol–water partition coefficient (Wildman–Crippen LogP) is 1.04. The second-order valence-corrected chi connectivity index (χ2v) is 3.87. The van der Waals surface area contributed by atoms with Crippen LogP contribution in [0.2, 0.25) is 0 Å². The molecule has 0 aromatic carbocycles. The fourth-order valence-corrected chi connectivity index (χ4v) is 1.72. The van der Waals surface area contributed by atoms with Gasteiger partial charge in [-0.25, -0.2) is 0 Å². The van der Waals surface area contributed by atoms with Gasteiger partial charge in [0, 0.05) is 31.2 Å². The van der Waals surface area contributed by atoms with E-state index in [1.807, 2.05) is 19.1 Å². The Morgan fingerprint density at radius 2 is 2.15 bits per heavy atom. The van der Waals surface area contributed by atoms with E-state index in [0.717, 1.165) is 25.2 Å². The van der Waals surface area contributed by atoms with E-state index in [9.17, 15) is 5.11 Å². The molecule has 13 heavy (non-hydrogen) atoms. The van der Waals surface area contributed by atoms with Crippen LogP contribution in [-0.2, 0) is 0 Å². The summed E-state index contributed by atoms with van der Waals surface area (Å²) in [5, 5.41) is 9.77. The molecule has 1 fully saturated rings. The maximum Gasteiger partial charge on any atom is 0.0810 e. The third kappa shape index (κ3) is 1.80. The zero-order chi connectivity index (χ0) is 9.31. The van der Waals surface area contributed by atoms with Crippen molar-refractivity contribution in [2.45, 2.75) is 18.9 Å². The van der Waals surface area contributed by atoms with Gasteiger partial charge in [-0.1, -0.05) is 0 Å². The van der Waals surface area contributed by atoms with Gasteiger partial charge < -0.3 is 10.0 Å². The molecular weight excluding hydrogens is 164 g/mol. The van der Waals surface area contributed by atoms with Crippen molar-refractivity contribution in [1.82, 2.24) is 4.98 Å². The molecule has 1 aromatic rings. The summed E-state index contributed by atoms with van der Waals surface area (Å²) in [5.74, 6) is 0. The lowest BCUT2D eigenvalue weighted by Crippen LogP contribution is -2.29. The highest BCUT2D eigenvalue weighted by molar-refractivity contribution is 5.46. The smallest absolute Gasteiger partial charge is 0.0810 e. The number of rotatable bonds is 1. The number of hydrogen-bond acceptors (Lipinski definition) is 3. The summed E-state index contributed by atoms with van der Waals surface area (Å²) in [7, 11) is 0. The lowest BCUT2D eigenvalue weighted by molar-refractivity contribution is 0.0839. The predicted molar refractivity (Wildman–Crippen MR) is 51.7 cm³/mol. The van der Waals surface area contributed by atoms with Crippen LogP contribution in [0.1, 0.15) is 13.3 Å². The van der Waals surface area contributed by atoms with Crippen molar-refractivity contribution in [3.63, 3.8) is 0 Å². The Kier molecular flexibility index (Phi) is 1.96. The Hall–Kier alpha value is -1.09. The molecule has 3 nitrogen and oxygen atoms in total. The maximum atomic E-state index is 9.77. The fraction of sp³-hybridized carbons (Fsp3) is 0.500. The van der Waals surface area contributed by atoms with E-state index in [2.05, 4.69) is 9.88 Å². The van der Waals surface area contributed by atoms with Gasteiger partial charge in [-0.15, -0.1) is 0 Å². The lowest BCUT2D eigenvalue weighted by atomic mass is 10.1. The van der Waals surface area contributed by atoms with E-state index in [1.54, 1.807) is 12.4 Å². The first-order valence-corrected chi connectivity index (χ1v) is 4.55. The molecular formula is C10H14N2O. The van der Waals surface area contributed by atoms with Crippen LogP contribution < -0.4 is 4.90 Å². The molecule has 1 atom stereocenters. The second-order valence-electron chi connectivity index (χ2n) is 3.87. The molecule has 1 N–H and O–H groups in total. The summed E-state index contributed by atoms with van der Waals surface area (Å²) >= 11 is 0. The standard InChI is InChI=1S/C10H14N2O/c1-10(13)4-7-12(8-10)9-2-5-11-6-3-9/h2-3,5-6,13H,4,7-8H2,1H3/t10-/m0/s1. The van der Waals surface area contributed by atoms with E-state index in [4.69, 9.17) is 0 Å². The Morgan fingerprint density at radius 1 is 1.46 bits per heavy atom. The van der Waals surface area contributed by atoms with Gasteiger partial charge in [-0.05, 0) is 25.5 Å². The van der Waals surface area contributed by atoms with E-state index >= 15 is 0 Å². The third-order valence-corrected chi connectivity index (χ3v) is 2.48. The van der Waals surface area contributed by atoms with Gasteiger partial charge in [0.2, 0.25) is 0 Å². The zero-order valence-corrected chi connectivity index (χ0v) is 7.77. The summed E-state index contributed by atoms with van der Waals surface area (Å²) < 4.78 is 0. The van der Waals surface area contributed by atoms with Crippen molar-refractivity contribution >= 4 is 5.69 Å². The highest BCUT2D eigenvalue weighted by Gasteiger charge is 2.31. The first-order chi connectivity index (χ1) is 6.17. The van der Waals surface area contributed by atoms with Gasteiger partial charge >= 0.3 is 0 Å². The van der Waals surface area contributed by atoms with E-state index in [1.165, 1.54) is 0 Å². The maximum absolute atomic E-state index is 9.77. The van der Waals surface area contributed by atoms with Crippen molar-refractivity contribution in [3.8, 4) is 0 Å². The Bertz CT molecular complexity index is 284. The first kappa shape index (κ1) is 8.51. The fourth-order valence-electron chi connectivity index (χ4n) is 1.72. The lowest BCUT2D eigenvalue weighted by Gasteiger charge is -2.20. The Labute approximate surface area is 78.0 Å². The Morgan fingerprint density at radius 3 is 2.69 bits per heavy atom. The molecule has 0 unspecified atom stereocenters. The van der Waals surface area contributed by atoms with Gasteiger partial charge in [0.05, 0.1) is 5.60 Å². The van der Waals surface area contributed by atoms with Crippen LogP contribution in [0.4, 0.5) is 5.69 Å². The molecule has 1 aliphatic rings. The molecule has 0 saturated carbocycles. The number of aliphatic hydroxyl groups is 1. The highest BCUT2D eigenvalue weighted by atomic mass is 16.3. The minimum atomic E-state index is -0.525. The molecule has 2 rings (SSSR count). The summed E-state index contributed by atoms with van der Waals surface area (Å²) in [6, 6.07) is 3.95. The molecule has 1 aromatic heterocycles. The minimum absolute atomic E-state index is 0.525. The van der Waals surface area contributed by atoms with Crippen molar-refractivity contribution in [1.29, 1.82) is 0 Å². The molecule has 0 bridgehead atoms. The van der Waals surface area contributed by atoms with Gasteiger partial charge in [-0.3, -0.25) is 4.98 Å². The van der Waals surface area contributed by atoms with Crippen molar-refractivity contribution < 1.29 is 5.11 Å². The van der Waals surface area contributed by atoms with Crippen LogP contribution in [0.25, 0.3) is 0 Å². The molecule has 3 heteroatoms. The number of anilines is 1. The summed E-state index contributed by atoms with van der Waals surface area (Å²) in [6.07, 6.45) is 4.40. The highest BCUT2D eigenvalue weighted by Crippen LogP contribution is 2.25. The topological polar surface area (TPSA) is 36.4 Å². The molecule has 0 aliphatic carbocycles. The largest absolute Gasteiger partial charge is 0.388 e. The summed E-state index contributed by atoms with van der Waals surface area (Å²) in [5.41, 5.74) is 0.622. The average Bonchev–Trinajstić information content (AvgIpc) is 2.48. The minimum Gasteiger partial charge on any atom is -0.388 e. The summed E-state index contributed by atoms with van der Waals surface area (Å²) in [6.45, 7) is 3.53. The van der Waals surface area contributed by atoms with Gasteiger partial charge in [0.15, 0.2) is 0 Å². The van der Waals surface area contributed by atoms with Crippen LogP contribution in [0, 0.1) is 0 Å². The van der Waals surface area contributed by atoms with Gasteiger partial charge in [0.1, 0.15) is 0 Å². The second kappa shape index (κ2) is 3.00. The van der Waals surface area contributed by atoms with Crippen LogP contribution in [-0.4, -0.2) is 28.8 Å². The number of aromatic nitrogens is 1. The van der Waals surface area contributed by atoms with Crippen molar-refractivity contribution in [2.75, 3.05) is 18.0 Å². The normalized spacial score (nSPS) is 28.0. The van der Waals surface area contributed by atoms with E-state index < -0.39 is 5.60 Å². The van der Waals surface area contributed by atoms with E-state index in [-0.39, 0.29) is 0 Å². The number of pyridine rings is 1. The summed E-state index contributed by atoms with van der Waals surface area (Å²) in [4.78, 5) is 6.15. The van der Waals surface area contributed by atoms with E-state index in [0.29, 0.717) is 0 Å². The van der Waals surface area contributed by atoms with Crippen LogP contribution >= 0.6 is 0 Å². The Balaban J connectivity index is 2.13. The number of nitrogens with zero attached hydrogens (tertiary/aromatic N) is 2. The molecule has 0 spiro atoms. The molecule has 0 amide bonds. The quantitative estimate of drug-likeness (QED) is 0.698. The first-order valence-electron chi connectivity index (χ1n) is 4.55. The molecule has 0 radical (unpaired) electrons. The zero-order valence-electron chi connectivity index (χ0n) is 7.77. The van der Waals surface area contributed by atoms with Crippen LogP contribution in [0.3, 0.4) is 0 Å². The average molecular weight is 178 g/mol. The molecule has 1 saturated heterocycles. The van der Waals surface area contributed by atoms with Gasteiger partial charge in [-0.2, -0.15) is 0 Å². The van der Waals surface area contributed by atoms with Crippen LogP contribution in [0.5, 0.6) is 0 Å².